The van der Waals surface area contributed by atoms with Gasteiger partial charge < -0.3 is 24.4 Å². The second-order valence-corrected chi connectivity index (χ2v) is 7.96. The normalized spacial score (nSPS) is 10.6. The average molecular weight is 524 g/mol. The molecule has 0 saturated heterocycles. The number of ether oxygens (including phenoxy) is 4. The van der Waals surface area contributed by atoms with Crippen molar-refractivity contribution in [2.75, 3.05) is 20.8 Å². The molecule has 3 rings (SSSR count). The highest BCUT2D eigenvalue weighted by atomic mass is 79.9. The van der Waals surface area contributed by atoms with Crippen LogP contribution in [0.2, 0.25) is 0 Å². The Bertz CT molecular complexity index is 1190. The van der Waals surface area contributed by atoms with E-state index in [1.165, 1.54) is 0 Å². The van der Waals surface area contributed by atoms with Gasteiger partial charge in [0.1, 0.15) is 6.61 Å². The Balaban J connectivity index is 1.69. The van der Waals surface area contributed by atoms with Crippen molar-refractivity contribution in [2.24, 2.45) is 5.10 Å². The van der Waals surface area contributed by atoms with E-state index in [9.17, 15) is 5.26 Å². The summed E-state index contributed by atoms with van der Waals surface area (Å²) in [7, 11) is 3.22. The maximum Gasteiger partial charge on any atom is 0.175 e. The quantitative estimate of drug-likeness (QED) is 0.266. The molecule has 0 radical (unpaired) electrons. The van der Waals surface area contributed by atoms with Gasteiger partial charge in [-0.15, -0.1) is 0 Å². The minimum Gasteiger partial charge on any atom is -0.493 e. The number of nitrogens with one attached hydrogen (secondary N) is 1. The zero-order chi connectivity index (χ0) is 24.3. The van der Waals surface area contributed by atoms with Crippen LogP contribution in [0.1, 0.15) is 29.2 Å². The summed E-state index contributed by atoms with van der Waals surface area (Å²) >= 11 is 3.57. The molecule has 1 N–H and O–H groups in total. The van der Waals surface area contributed by atoms with Crippen molar-refractivity contribution >= 4 is 22.1 Å². The van der Waals surface area contributed by atoms with Gasteiger partial charge >= 0.3 is 0 Å². The molecule has 8 heteroatoms. The number of hydrogen-bond acceptors (Lipinski definition) is 7. The molecular weight excluding hydrogens is 498 g/mol. The van der Waals surface area contributed by atoms with Crippen molar-refractivity contribution in [3.05, 3.63) is 81.3 Å². The first-order chi connectivity index (χ1) is 16.6. The van der Waals surface area contributed by atoms with Gasteiger partial charge in [-0.2, -0.15) is 10.4 Å². The summed E-state index contributed by atoms with van der Waals surface area (Å²) < 4.78 is 23.2. The zero-order valence-electron chi connectivity index (χ0n) is 19.3. The van der Waals surface area contributed by atoms with Crippen molar-refractivity contribution in [2.45, 2.75) is 20.1 Å². The van der Waals surface area contributed by atoms with E-state index < -0.39 is 0 Å². The van der Waals surface area contributed by atoms with Crippen molar-refractivity contribution in [1.82, 2.24) is 5.43 Å². The van der Waals surface area contributed by atoms with Crippen molar-refractivity contribution in [3.63, 3.8) is 0 Å². The molecule has 7 nitrogen and oxygen atoms in total. The number of nitrogens with zero attached hydrogens (tertiary/aromatic N) is 2. The maximum atomic E-state index is 9.30. The van der Waals surface area contributed by atoms with Gasteiger partial charge in [0.15, 0.2) is 23.0 Å². The molecule has 0 atom stereocenters. The molecule has 0 aromatic heterocycles. The molecule has 0 unspecified atom stereocenters. The summed E-state index contributed by atoms with van der Waals surface area (Å²) in [4.78, 5) is 0. The van der Waals surface area contributed by atoms with Crippen LogP contribution in [0.5, 0.6) is 23.0 Å². The molecular formula is C26H26BrN3O4. The Hall–Kier alpha value is -3.70. The first kappa shape index (κ1) is 24.9. The number of hydrazone groups is 1. The summed E-state index contributed by atoms with van der Waals surface area (Å²) in [5, 5.41) is 13.6. The summed E-state index contributed by atoms with van der Waals surface area (Å²) in [6, 6.07) is 19.0. The van der Waals surface area contributed by atoms with Gasteiger partial charge in [-0.3, -0.25) is 0 Å². The Morgan fingerprint density at radius 1 is 1.00 bits per heavy atom. The number of nitriles is 1. The van der Waals surface area contributed by atoms with Crippen molar-refractivity contribution in [3.8, 4) is 29.1 Å². The van der Waals surface area contributed by atoms with E-state index >= 15 is 0 Å². The van der Waals surface area contributed by atoms with Crippen LogP contribution in [-0.2, 0) is 13.2 Å². The molecule has 0 bridgehead atoms. The molecule has 0 saturated carbocycles. The van der Waals surface area contributed by atoms with Crippen LogP contribution in [-0.4, -0.2) is 27.0 Å². The van der Waals surface area contributed by atoms with Crippen LogP contribution >= 0.6 is 15.9 Å². The van der Waals surface area contributed by atoms with Gasteiger partial charge in [0.25, 0.3) is 0 Å². The molecule has 0 fully saturated rings. The largest absolute Gasteiger partial charge is 0.493 e. The molecule has 0 spiro atoms. The SMILES string of the molecule is CCOc1cc(/C=N\NCc2ccc(OC)c(OC)c2)cc(Br)c1OCc1ccccc1C#N. The number of benzene rings is 3. The van der Waals surface area contributed by atoms with E-state index in [-0.39, 0.29) is 6.61 Å². The van der Waals surface area contributed by atoms with E-state index in [2.05, 4.69) is 32.5 Å². The minimum absolute atomic E-state index is 0.253. The van der Waals surface area contributed by atoms with E-state index in [0.29, 0.717) is 41.7 Å². The molecule has 0 aliphatic rings. The van der Waals surface area contributed by atoms with Crippen LogP contribution in [0.15, 0.2) is 64.2 Å². The lowest BCUT2D eigenvalue weighted by Crippen LogP contribution is -2.06. The molecule has 0 amide bonds. The topological polar surface area (TPSA) is 85.1 Å². The second-order valence-electron chi connectivity index (χ2n) is 7.10. The van der Waals surface area contributed by atoms with Gasteiger partial charge in [0.2, 0.25) is 0 Å². The number of hydrogen-bond donors (Lipinski definition) is 1. The molecule has 176 valence electrons. The van der Waals surface area contributed by atoms with Gasteiger partial charge in [-0.05, 0) is 64.3 Å². The summed E-state index contributed by atoms with van der Waals surface area (Å²) in [5.41, 5.74) is 6.27. The van der Waals surface area contributed by atoms with Crippen LogP contribution in [0.3, 0.4) is 0 Å². The summed E-state index contributed by atoms with van der Waals surface area (Å²) in [5.74, 6) is 2.52. The van der Waals surface area contributed by atoms with E-state index in [0.717, 1.165) is 21.2 Å². The second kappa shape index (κ2) is 12.5. The molecule has 3 aromatic rings. The highest BCUT2D eigenvalue weighted by Gasteiger charge is 2.13. The first-order valence-corrected chi connectivity index (χ1v) is 11.4. The maximum absolute atomic E-state index is 9.30. The Kier molecular flexibility index (Phi) is 9.18. The highest BCUT2D eigenvalue weighted by Crippen LogP contribution is 2.37. The minimum atomic E-state index is 0.253. The van der Waals surface area contributed by atoms with Crippen LogP contribution in [0.25, 0.3) is 0 Å². The molecule has 0 aliphatic carbocycles. The number of halogens is 1. The highest BCUT2D eigenvalue weighted by molar-refractivity contribution is 9.10. The van der Waals surface area contributed by atoms with Gasteiger partial charge in [-0.25, -0.2) is 0 Å². The summed E-state index contributed by atoms with van der Waals surface area (Å²) in [6.07, 6.45) is 1.71. The first-order valence-electron chi connectivity index (χ1n) is 10.6. The van der Waals surface area contributed by atoms with Gasteiger partial charge in [0, 0.05) is 5.56 Å². The number of methoxy groups -OCH3 is 2. The van der Waals surface area contributed by atoms with E-state index in [1.54, 1.807) is 26.5 Å². The molecule has 0 aliphatic heterocycles. The monoisotopic (exact) mass is 523 g/mol. The molecule has 3 aromatic carbocycles. The third kappa shape index (κ3) is 6.42. The fourth-order valence-corrected chi connectivity index (χ4v) is 3.79. The third-order valence-electron chi connectivity index (χ3n) is 4.88. The smallest absolute Gasteiger partial charge is 0.175 e. The van der Waals surface area contributed by atoms with E-state index in [4.69, 9.17) is 18.9 Å². The molecule has 34 heavy (non-hydrogen) atoms. The predicted molar refractivity (Wildman–Crippen MR) is 135 cm³/mol. The van der Waals surface area contributed by atoms with E-state index in [1.807, 2.05) is 55.5 Å². The summed E-state index contributed by atoms with van der Waals surface area (Å²) in [6.45, 7) is 3.17. The average Bonchev–Trinajstić information content (AvgIpc) is 2.86. The van der Waals surface area contributed by atoms with Crippen molar-refractivity contribution in [1.29, 1.82) is 5.26 Å². The fraction of sp³-hybridized carbons (Fsp3) is 0.231. The molecule has 0 heterocycles. The Morgan fingerprint density at radius 3 is 2.53 bits per heavy atom. The van der Waals surface area contributed by atoms with Gasteiger partial charge in [0.05, 0.1) is 49.7 Å². The standard InChI is InChI=1S/C26H26BrN3O4/c1-4-33-25-13-19(16-30-29-15-18-9-10-23(31-2)24(12-18)32-3)11-22(27)26(25)34-17-21-8-6-5-7-20(21)14-28/h5-13,16,29H,4,15,17H2,1-3H3/b30-16-. The fourth-order valence-electron chi connectivity index (χ4n) is 3.22. The lowest BCUT2D eigenvalue weighted by molar-refractivity contribution is 0.267. The lowest BCUT2D eigenvalue weighted by atomic mass is 10.1. The Labute approximate surface area is 208 Å². The van der Waals surface area contributed by atoms with Crippen LogP contribution in [0.4, 0.5) is 0 Å². The Morgan fingerprint density at radius 2 is 1.79 bits per heavy atom. The number of rotatable bonds is 11. The van der Waals surface area contributed by atoms with Gasteiger partial charge in [-0.1, -0.05) is 24.3 Å². The van der Waals surface area contributed by atoms with Crippen LogP contribution < -0.4 is 24.4 Å². The lowest BCUT2D eigenvalue weighted by Gasteiger charge is -2.15. The van der Waals surface area contributed by atoms with Crippen LogP contribution in [0, 0.1) is 11.3 Å². The van der Waals surface area contributed by atoms with Crippen molar-refractivity contribution < 1.29 is 18.9 Å². The predicted octanol–water partition coefficient (Wildman–Crippen LogP) is 5.44. The zero-order valence-corrected chi connectivity index (χ0v) is 20.9. The third-order valence-corrected chi connectivity index (χ3v) is 5.47.